The van der Waals surface area contributed by atoms with E-state index >= 15 is 0 Å². The van der Waals surface area contributed by atoms with Crippen LogP contribution >= 0.6 is 15.9 Å². The van der Waals surface area contributed by atoms with Crippen LogP contribution in [0.2, 0.25) is 0 Å². The van der Waals surface area contributed by atoms with E-state index in [4.69, 9.17) is 5.73 Å². The SMILES string of the molecule is Cc1cc(N2CCN(c3ncccc3N)CC2)ncc1Br. The first-order valence-corrected chi connectivity index (χ1v) is 7.77. The fourth-order valence-corrected chi connectivity index (χ4v) is 2.74. The van der Waals surface area contributed by atoms with Crippen molar-refractivity contribution in [3.05, 3.63) is 40.6 Å². The van der Waals surface area contributed by atoms with Crippen molar-refractivity contribution in [1.82, 2.24) is 9.97 Å². The van der Waals surface area contributed by atoms with Gasteiger partial charge >= 0.3 is 0 Å². The Bertz CT molecular complexity index is 638. The van der Waals surface area contributed by atoms with E-state index in [0.29, 0.717) is 0 Å². The van der Waals surface area contributed by atoms with Gasteiger partial charge in [-0.05, 0) is 46.6 Å². The summed E-state index contributed by atoms with van der Waals surface area (Å²) < 4.78 is 1.05. The van der Waals surface area contributed by atoms with E-state index in [1.54, 1.807) is 6.20 Å². The summed E-state index contributed by atoms with van der Waals surface area (Å²) in [5.41, 5.74) is 7.94. The molecule has 0 saturated carbocycles. The first-order valence-electron chi connectivity index (χ1n) is 6.97. The zero-order chi connectivity index (χ0) is 14.8. The summed E-state index contributed by atoms with van der Waals surface area (Å²) in [7, 11) is 0. The molecule has 0 unspecified atom stereocenters. The standard InChI is InChI=1S/C15H18BrN5/c1-11-9-14(19-10-12(11)16)20-5-7-21(8-6-20)15-13(17)3-2-4-18-15/h2-4,9-10H,5-8,17H2,1H3. The number of aromatic nitrogens is 2. The third kappa shape index (κ3) is 2.95. The van der Waals surface area contributed by atoms with Crippen LogP contribution in [0.15, 0.2) is 35.1 Å². The van der Waals surface area contributed by atoms with E-state index in [-0.39, 0.29) is 0 Å². The Balaban J connectivity index is 1.70. The molecule has 3 heterocycles. The van der Waals surface area contributed by atoms with Crippen LogP contribution in [-0.4, -0.2) is 36.1 Å². The molecule has 0 aromatic carbocycles. The molecule has 1 aliphatic rings. The van der Waals surface area contributed by atoms with Crippen LogP contribution in [0.5, 0.6) is 0 Å². The number of piperazine rings is 1. The molecule has 2 aromatic heterocycles. The van der Waals surface area contributed by atoms with Crippen LogP contribution in [0, 0.1) is 6.92 Å². The molecule has 2 aromatic rings. The van der Waals surface area contributed by atoms with E-state index in [9.17, 15) is 0 Å². The average Bonchev–Trinajstić information content (AvgIpc) is 2.51. The highest BCUT2D eigenvalue weighted by molar-refractivity contribution is 9.10. The zero-order valence-electron chi connectivity index (χ0n) is 12.0. The lowest BCUT2D eigenvalue weighted by atomic mass is 10.2. The second-order valence-corrected chi connectivity index (χ2v) is 6.04. The number of rotatable bonds is 2. The maximum atomic E-state index is 6.00. The summed E-state index contributed by atoms with van der Waals surface area (Å²) in [5.74, 6) is 1.92. The van der Waals surface area contributed by atoms with E-state index in [1.165, 1.54) is 5.56 Å². The van der Waals surface area contributed by atoms with E-state index < -0.39 is 0 Å². The van der Waals surface area contributed by atoms with Gasteiger partial charge in [-0.25, -0.2) is 9.97 Å². The van der Waals surface area contributed by atoms with Crippen molar-refractivity contribution in [1.29, 1.82) is 0 Å². The van der Waals surface area contributed by atoms with Gasteiger partial charge < -0.3 is 15.5 Å². The Kier molecular flexibility index (Phi) is 3.96. The Morgan fingerprint density at radius 1 is 1.14 bits per heavy atom. The molecule has 1 aliphatic heterocycles. The van der Waals surface area contributed by atoms with Crippen LogP contribution < -0.4 is 15.5 Å². The Morgan fingerprint density at radius 2 is 1.86 bits per heavy atom. The molecule has 5 nitrogen and oxygen atoms in total. The summed E-state index contributed by atoms with van der Waals surface area (Å²) in [5, 5.41) is 0. The summed E-state index contributed by atoms with van der Waals surface area (Å²) >= 11 is 3.49. The topological polar surface area (TPSA) is 58.3 Å². The summed E-state index contributed by atoms with van der Waals surface area (Å²) in [6.45, 7) is 5.73. The molecular weight excluding hydrogens is 330 g/mol. The molecule has 2 N–H and O–H groups in total. The number of anilines is 3. The number of hydrogen-bond acceptors (Lipinski definition) is 5. The third-order valence-electron chi connectivity index (χ3n) is 3.75. The minimum absolute atomic E-state index is 0.739. The number of halogens is 1. The van der Waals surface area contributed by atoms with E-state index in [2.05, 4.69) is 48.7 Å². The Labute approximate surface area is 132 Å². The van der Waals surface area contributed by atoms with Gasteiger partial charge in [-0.2, -0.15) is 0 Å². The van der Waals surface area contributed by atoms with Gasteiger partial charge in [0.25, 0.3) is 0 Å². The molecule has 0 atom stereocenters. The summed E-state index contributed by atoms with van der Waals surface area (Å²) in [6.07, 6.45) is 3.66. The highest BCUT2D eigenvalue weighted by Crippen LogP contribution is 2.24. The van der Waals surface area contributed by atoms with Gasteiger partial charge in [0.15, 0.2) is 5.82 Å². The molecule has 0 bridgehead atoms. The van der Waals surface area contributed by atoms with Crippen LogP contribution in [0.4, 0.5) is 17.3 Å². The van der Waals surface area contributed by atoms with Gasteiger partial charge in [0.1, 0.15) is 5.82 Å². The molecule has 1 fully saturated rings. The van der Waals surface area contributed by atoms with Crippen LogP contribution in [0.25, 0.3) is 0 Å². The largest absolute Gasteiger partial charge is 0.396 e. The predicted molar refractivity (Wildman–Crippen MR) is 89.7 cm³/mol. The maximum Gasteiger partial charge on any atom is 0.151 e. The first-order chi connectivity index (χ1) is 10.1. The Hall–Kier alpha value is -1.82. The fourth-order valence-electron chi connectivity index (χ4n) is 2.52. The van der Waals surface area contributed by atoms with Crippen molar-refractivity contribution in [3.63, 3.8) is 0 Å². The fraction of sp³-hybridized carbons (Fsp3) is 0.333. The summed E-state index contributed by atoms with van der Waals surface area (Å²) in [6, 6.07) is 5.88. The molecule has 0 aliphatic carbocycles. The van der Waals surface area contributed by atoms with Crippen LogP contribution in [0.1, 0.15) is 5.56 Å². The average molecular weight is 348 g/mol. The number of nitrogen functional groups attached to an aromatic ring is 1. The maximum absolute atomic E-state index is 6.00. The second kappa shape index (κ2) is 5.89. The normalized spacial score (nSPS) is 15.3. The molecule has 21 heavy (non-hydrogen) atoms. The van der Waals surface area contributed by atoms with Crippen LogP contribution in [-0.2, 0) is 0 Å². The van der Waals surface area contributed by atoms with Crippen LogP contribution in [0.3, 0.4) is 0 Å². The third-order valence-corrected chi connectivity index (χ3v) is 4.58. The lowest BCUT2D eigenvalue weighted by Crippen LogP contribution is -2.47. The molecular formula is C15H18BrN5. The molecule has 3 rings (SSSR count). The van der Waals surface area contributed by atoms with Gasteiger partial charge in [-0.1, -0.05) is 0 Å². The molecule has 0 radical (unpaired) electrons. The molecule has 110 valence electrons. The van der Waals surface area contributed by atoms with Gasteiger partial charge in [0.05, 0.1) is 5.69 Å². The van der Waals surface area contributed by atoms with Crippen molar-refractivity contribution < 1.29 is 0 Å². The highest BCUT2D eigenvalue weighted by Gasteiger charge is 2.20. The lowest BCUT2D eigenvalue weighted by Gasteiger charge is -2.36. The zero-order valence-corrected chi connectivity index (χ0v) is 13.5. The van der Waals surface area contributed by atoms with Gasteiger partial charge in [-0.15, -0.1) is 0 Å². The summed E-state index contributed by atoms with van der Waals surface area (Å²) in [4.78, 5) is 13.4. The van der Waals surface area contributed by atoms with Gasteiger partial charge in [0.2, 0.25) is 0 Å². The minimum atomic E-state index is 0.739. The smallest absolute Gasteiger partial charge is 0.151 e. The quantitative estimate of drug-likeness (QED) is 0.904. The Morgan fingerprint density at radius 3 is 2.52 bits per heavy atom. The van der Waals surface area contributed by atoms with Gasteiger partial charge in [0, 0.05) is 43.0 Å². The number of nitrogens with two attached hydrogens (primary N) is 1. The number of nitrogens with zero attached hydrogens (tertiary/aromatic N) is 4. The van der Waals surface area contributed by atoms with E-state index in [0.717, 1.165) is 48.0 Å². The minimum Gasteiger partial charge on any atom is -0.396 e. The number of aryl methyl sites for hydroxylation is 1. The van der Waals surface area contributed by atoms with E-state index in [1.807, 2.05) is 18.3 Å². The number of pyridine rings is 2. The van der Waals surface area contributed by atoms with Crippen molar-refractivity contribution in [2.24, 2.45) is 0 Å². The highest BCUT2D eigenvalue weighted by atomic mass is 79.9. The van der Waals surface area contributed by atoms with Crippen molar-refractivity contribution in [2.45, 2.75) is 6.92 Å². The molecule has 1 saturated heterocycles. The number of hydrogen-bond donors (Lipinski definition) is 1. The monoisotopic (exact) mass is 347 g/mol. The van der Waals surface area contributed by atoms with Crippen molar-refractivity contribution >= 4 is 33.3 Å². The van der Waals surface area contributed by atoms with Crippen molar-refractivity contribution in [2.75, 3.05) is 41.7 Å². The molecule has 0 amide bonds. The van der Waals surface area contributed by atoms with Gasteiger partial charge in [-0.3, -0.25) is 0 Å². The molecule has 6 heteroatoms. The predicted octanol–water partition coefficient (Wildman–Crippen LogP) is 2.46. The van der Waals surface area contributed by atoms with Crippen molar-refractivity contribution in [3.8, 4) is 0 Å². The molecule has 0 spiro atoms. The lowest BCUT2D eigenvalue weighted by molar-refractivity contribution is 0.642. The first kappa shape index (κ1) is 14.1. The second-order valence-electron chi connectivity index (χ2n) is 5.18.